The summed E-state index contributed by atoms with van der Waals surface area (Å²) in [5, 5.41) is 2.97. The molecule has 0 saturated heterocycles. The van der Waals surface area contributed by atoms with Crippen LogP contribution in [0.3, 0.4) is 0 Å². The summed E-state index contributed by atoms with van der Waals surface area (Å²) in [5.74, 6) is 1.21. The van der Waals surface area contributed by atoms with Gasteiger partial charge in [-0.05, 0) is 52.6 Å². The largest absolute Gasteiger partial charge is 0.443 e. The van der Waals surface area contributed by atoms with E-state index in [0.717, 1.165) is 16.1 Å². The van der Waals surface area contributed by atoms with Crippen LogP contribution in [0, 0.1) is 0 Å². The van der Waals surface area contributed by atoms with E-state index in [-0.39, 0.29) is 7.43 Å². The molecule has 0 unspecified atom stereocenters. The van der Waals surface area contributed by atoms with Gasteiger partial charge in [-0.25, -0.2) is 24.7 Å². The number of hydrogen-bond acceptors (Lipinski definition) is 7. The molecule has 4 aromatic heterocycles. The van der Waals surface area contributed by atoms with Crippen molar-refractivity contribution in [3.63, 3.8) is 0 Å². The standard InChI is InChI=1S/C12H15BrN4O2.C7H7BrN4.CH4/c1-12(2,3)19-11(18)16(4)10-9-14-5-6-17(9)7-8(13)15-10;1-9-6-7-10-2-3-12(7)4-5(8)11-6;/h5-7H,1-4H3;2-4H,1H3,(H,9,11);1H4. The van der Waals surface area contributed by atoms with Crippen LogP contribution in [0.4, 0.5) is 16.4 Å². The zero-order valence-corrected chi connectivity index (χ0v) is 20.8. The van der Waals surface area contributed by atoms with E-state index in [1.165, 1.54) is 4.90 Å². The second-order valence-corrected chi connectivity index (χ2v) is 9.03. The third kappa shape index (κ3) is 5.94. The number of carbonyl (C=O) groups is 1. The van der Waals surface area contributed by atoms with Crippen LogP contribution in [0.1, 0.15) is 28.2 Å². The Kier molecular flexibility index (Phi) is 8.18. The van der Waals surface area contributed by atoms with Gasteiger partial charge in [-0.1, -0.05) is 7.43 Å². The summed E-state index contributed by atoms with van der Waals surface area (Å²) >= 11 is 6.62. The van der Waals surface area contributed by atoms with Gasteiger partial charge in [-0.2, -0.15) is 0 Å². The van der Waals surface area contributed by atoms with Crippen LogP contribution < -0.4 is 10.2 Å². The van der Waals surface area contributed by atoms with E-state index in [1.54, 1.807) is 36.2 Å². The minimum Gasteiger partial charge on any atom is -0.443 e. The molecule has 1 N–H and O–H groups in total. The first-order valence-electron chi connectivity index (χ1n) is 9.22. The number of halogens is 2. The highest BCUT2D eigenvalue weighted by Crippen LogP contribution is 2.22. The van der Waals surface area contributed by atoms with Crippen molar-refractivity contribution in [1.29, 1.82) is 0 Å². The van der Waals surface area contributed by atoms with Crippen LogP contribution in [0.15, 0.2) is 46.4 Å². The molecule has 0 bridgehead atoms. The molecule has 0 atom stereocenters. The van der Waals surface area contributed by atoms with Gasteiger partial charge in [0.1, 0.15) is 14.8 Å². The predicted molar refractivity (Wildman–Crippen MR) is 132 cm³/mol. The van der Waals surface area contributed by atoms with Gasteiger partial charge in [0.05, 0.1) is 0 Å². The number of aromatic nitrogens is 6. The summed E-state index contributed by atoms with van der Waals surface area (Å²) in [6, 6.07) is 0. The Morgan fingerprint density at radius 3 is 2.12 bits per heavy atom. The lowest BCUT2D eigenvalue weighted by Gasteiger charge is -2.24. The van der Waals surface area contributed by atoms with Crippen LogP contribution >= 0.6 is 31.9 Å². The minimum absolute atomic E-state index is 0. The topological polar surface area (TPSA) is 102 Å². The molecule has 32 heavy (non-hydrogen) atoms. The van der Waals surface area contributed by atoms with Gasteiger partial charge in [0.25, 0.3) is 0 Å². The van der Waals surface area contributed by atoms with E-state index in [9.17, 15) is 4.79 Å². The number of nitrogens with one attached hydrogen (secondary N) is 1. The second-order valence-electron chi connectivity index (χ2n) is 7.41. The lowest BCUT2D eigenvalue weighted by atomic mass is 10.2. The van der Waals surface area contributed by atoms with E-state index in [2.05, 4.69) is 57.1 Å². The Morgan fingerprint density at radius 2 is 1.56 bits per heavy atom. The summed E-state index contributed by atoms with van der Waals surface area (Å²) in [4.78, 5) is 30.2. The first kappa shape index (κ1) is 25.5. The zero-order chi connectivity index (χ0) is 22.8. The van der Waals surface area contributed by atoms with Gasteiger partial charge >= 0.3 is 6.09 Å². The normalized spacial score (nSPS) is 10.8. The average molecular weight is 570 g/mol. The van der Waals surface area contributed by atoms with Crippen molar-refractivity contribution in [2.75, 3.05) is 24.3 Å². The molecule has 172 valence electrons. The van der Waals surface area contributed by atoms with Crippen molar-refractivity contribution in [2.45, 2.75) is 33.8 Å². The monoisotopic (exact) mass is 568 g/mol. The summed E-state index contributed by atoms with van der Waals surface area (Å²) in [5.41, 5.74) is 0.876. The molecule has 0 spiro atoms. The van der Waals surface area contributed by atoms with Gasteiger partial charge in [0.2, 0.25) is 0 Å². The molecule has 0 radical (unpaired) electrons. The van der Waals surface area contributed by atoms with Crippen LogP contribution in [0.5, 0.6) is 0 Å². The number of carbonyl (C=O) groups excluding carboxylic acids is 1. The van der Waals surface area contributed by atoms with Gasteiger partial charge in [-0.15, -0.1) is 0 Å². The van der Waals surface area contributed by atoms with Crippen molar-refractivity contribution >= 4 is 60.9 Å². The van der Waals surface area contributed by atoms with Crippen LogP contribution in [-0.2, 0) is 4.74 Å². The summed E-state index contributed by atoms with van der Waals surface area (Å²) in [6.07, 6.45) is 10.2. The number of imidazole rings is 2. The van der Waals surface area contributed by atoms with Crippen molar-refractivity contribution < 1.29 is 9.53 Å². The molecule has 4 heterocycles. The maximum Gasteiger partial charge on any atom is 0.415 e. The van der Waals surface area contributed by atoms with Gasteiger partial charge in [0, 0.05) is 51.3 Å². The molecule has 0 aromatic carbocycles. The molecule has 4 rings (SSSR count). The first-order chi connectivity index (χ1) is 14.6. The lowest BCUT2D eigenvalue weighted by molar-refractivity contribution is 0.0588. The molecular formula is C20H26Br2N8O2. The molecule has 12 heteroatoms. The molecule has 0 aliphatic rings. The van der Waals surface area contributed by atoms with E-state index in [1.807, 2.05) is 44.6 Å². The van der Waals surface area contributed by atoms with E-state index in [0.29, 0.717) is 16.1 Å². The highest BCUT2D eigenvalue weighted by molar-refractivity contribution is 9.10. The molecule has 0 fully saturated rings. The zero-order valence-electron chi connectivity index (χ0n) is 17.7. The van der Waals surface area contributed by atoms with Crippen LogP contribution in [0.25, 0.3) is 11.3 Å². The van der Waals surface area contributed by atoms with E-state index in [4.69, 9.17) is 4.74 Å². The Morgan fingerprint density at radius 1 is 1.03 bits per heavy atom. The Labute approximate surface area is 203 Å². The SMILES string of the molecule is C.CN(C(=O)OC(C)(C)C)c1nc(Br)cn2ccnc12.CNc1nc(Br)cn2ccnc12. The maximum absolute atomic E-state index is 12.0. The number of ether oxygens (including phenoxy) is 1. The number of nitrogens with zero attached hydrogens (tertiary/aromatic N) is 7. The van der Waals surface area contributed by atoms with E-state index < -0.39 is 11.7 Å². The van der Waals surface area contributed by atoms with Gasteiger partial charge in [-0.3, -0.25) is 4.90 Å². The fourth-order valence-corrected chi connectivity index (χ4v) is 3.38. The van der Waals surface area contributed by atoms with Gasteiger partial charge < -0.3 is 18.9 Å². The molecule has 1 amide bonds. The first-order valence-corrected chi connectivity index (χ1v) is 10.8. The van der Waals surface area contributed by atoms with Crippen LogP contribution in [0.2, 0.25) is 0 Å². The fourth-order valence-electron chi connectivity index (χ4n) is 2.60. The molecule has 0 saturated carbocycles. The Bertz CT molecular complexity index is 1220. The minimum atomic E-state index is -0.553. The average Bonchev–Trinajstić information content (AvgIpc) is 3.34. The molecule has 10 nitrogen and oxygen atoms in total. The highest BCUT2D eigenvalue weighted by atomic mass is 79.9. The third-order valence-electron chi connectivity index (χ3n) is 3.89. The molecule has 0 aliphatic heterocycles. The molecule has 0 aliphatic carbocycles. The summed E-state index contributed by atoms with van der Waals surface area (Å²) in [6.45, 7) is 5.45. The van der Waals surface area contributed by atoms with Crippen molar-refractivity contribution in [3.05, 3.63) is 46.4 Å². The summed E-state index contributed by atoms with van der Waals surface area (Å²) in [7, 11) is 3.43. The Balaban J connectivity index is 0.000000241. The number of rotatable bonds is 2. The second kappa shape index (κ2) is 10.3. The Hall–Kier alpha value is -2.73. The smallest absolute Gasteiger partial charge is 0.415 e. The number of hydrogen-bond donors (Lipinski definition) is 1. The number of amides is 1. The van der Waals surface area contributed by atoms with Crippen molar-refractivity contribution in [1.82, 2.24) is 28.7 Å². The predicted octanol–water partition coefficient (Wildman–Crippen LogP) is 5.03. The van der Waals surface area contributed by atoms with Crippen LogP contribution in [-0.4, -0.2) is 54.5 Å². The fraction of sp³-hybridized carbons (Fsp3) is 0.350. The molecular weight excluding hydrogens is 544 g/mol. The van der Waals surface area contributed by atoms with Crippen molar-refractivity contribution in [2.24, 2.45) is 0 Å². The van der Waals surface area contributed by atoms with Gasteiger partial charge in [0.15, 0.2) is 22.9 Å². The van der Waals surface area contributed by atoms with Crippen molar-refractivity contribution in [3.8, 4) is 0 Å². The maximum atomic E-state index is 12.0. The van der Waals surface area contributed by atoms with E-state index >= 15 is 0 Å². The number of anilines is 2. The summed E-state index contributed by atoms with van der Waals surface area (Å²) < 4.78 is 10.4. The highest BCUT2D eigenvalue weighted by Gasteiger charge is 2.23. The third-order valence-corrected chi connectivity index (χ3v) is 4.66. The molecule has 4 aromatic rings. The number of fused-ring (bicyclic) bond motifs is 2. The lowest BCUT2D eigenvalue weighted by Crippen LogP contribution is -2.35. The quantitative estimate of drug-likeness (QED) is 0.361.